The third-order valence-corrected chi connectivity index (χ3v) is 4.36. The SMILES string of the molecule is C(=C\c1ccc(-c2ccccc2)cc1-c1ccccn1)/c1ccccc1. The highest BCUT2D eigenvalue weighted by Crippen LogP contribution is 2.29. The van der Waals surface area contributed by atoms with Gasteiger partial charge in [0.2, 0.25) is 0 Å². The lowest BCUT2D eigenvalue weighted by Crippen LogP contribution is -1.88. The van der Waals surface area contributed by atoms with Crippen LogP contribution in [-0.2, 0) is 0 Å². The van der Waals surface area contributed by atoms with Crippen molar-refractivity contribution < 1.29 is 0 Å². The van der Waals surface area contributed by atoms with Crippen LogP contribution in [0.1, 0.15) is 11.1 Å². The highest BCUT2D eigenvalue weighted by molar-refractivity contribution is 5.83. The average Bonchev–Trinajstić information content (AvgIpc) is 2.74. The third kappa shape index (κ3) is 3.62. The molecular formula is C25H19N. The van der Waals surface area contributed by atoms with Gasteiger partial charge in [-0.05, 0) is 40.5 Å². The molecule has 0 fully saturated rings. The van der Waals surface area contributed by atoms with Crippen LogP contribution in [-0.4, -0.2) is 4.98 Å². The molecule has 0 radical (unpaired) electrons. The molecule has 4 aromatic rings. The monoisotopic (exact) mass is 333 g/mol. The number of aromatic nitrogens is 1. The molecule has 3 aromatic carbocycles. The fraction of sp³-hybridized carbons (Fsp3) is 0. The van der Waals surface area contributed by atoms with Crippen LogP contribution >= 0.6 is 0 Å². The smallest absolute Gasteiger partial charge is 0.0708 e. The molecule has 1 nitrogen and oxygen atoms in total. The highest BCUT2D eigenvalue weighted by atomic mass is 14.7. The lowest BCUT2D eigenvalue weighted by Gasteiger charge is -2.10. The Morgan fingerprint density at radius 2 is 1.31 bits per heavy atom. The molecule has 0 aliphatic rings. The molecule has 124 valence electrons. The Balaban J connectivity index is 1.79. The van der Waals surface area contributed by atoms with Crippen molar-refractivity contribution >= 4 is 12.2 Å². The van der Waals surface area contributed by atoms with Crippen molar-refractivity contribution in [3.8, 4) is 22.4 Å². The predicted molar refractivity (Wildman–Crippen MR) is 110 cm³/mol. The Hall–Kier alpha value is -3.45. The van der Waals surface area contributed by atoms with Crippen LogP contribution in [0.25, 0.3) is 34.5 Å². The molecule has 26 heavy (non-hydrogen) atoms. The van der Waals surface area contributed by atoms with Crippen molar-refractivity contribution in [1.82, 2.24) is 4.98 Å². The first-order valence-electron chi connectivity index (χ1n) is 8.74. The van der Waals surface area contributed by atoms with E-state index in [9.17, 15) is 0 Å². The van der Waals surface area contributed by atoms with Crippen LogP contribution in [0.2, 0.25) is 0 Å². The third-order valence-electron chi connectivity index (χ3n) is 4.36. The molecule has 4 rings (SSSR count). The highest BCUT2D eigenvalue weighted by Gasteiger charge is 2.07. The van der Waals surface area contributed by atoms with E-state index in [1.54, 1.807) is 0 Å². The molecular weight excluding hydrogens is 314 g/mol. The molecule has 0 aliphatic heterocycles. The maximum atomic E-state index is 4.57. The maximum Gasteiger partial charge on any atom is 0.0708 e. The molecule has 0 aliphatic carbocycles. The van der Waals surface area contributed by atoms with E-state index >= 15 is 0 Å². The van der Waals surface area contributed by atoms with E-state index < -0.39 is 0 Å². The zero-order chi connectivity index (χ0) is 17.6. The number of benzene rings is 3. The quantitative estimate of drug-likeness (QED) is 0.384. The Kier molecular flexibility index (Phi) is 4.70. The summed E-state index contributed by atoms with van der Waals surface area (Å²) in [5, 5.41) is 0. The van der Waals surface area contributed by atoms with Crippen LogP contribution < -0.4 is 0 Å². The van der Waals surface area contributed by atoms with Gasteiger partial charge in [-0.1, -0.05) is 91.0 Å². The summed E-state index contributed by atoms with van der Waals surface area (Å²) in [5.74, 6) is 0. The van der Waals surface area contributed by atoms with Gasteiger partial charge in [0, 0.05) is 11.8 Å². The van der Waals surface area contributed by atoms with Gasteiger partial charge < -0.3 is 0 Å². The second-order valence-corrected chi connectivity index (χ2v) is 6.13. The van der Waals surface area contributed by atoms with E-state index in [2.05, 4.69) is 89.9 Å². The molecule has 1 heteroatoms. The zero-order valence-electron chi connectivity index (χ0n) is 14.4. The molecule has 0 bridgehead atoms. The van der Waals surface area contributed by atoms with Crippen molar-refractivity contribution in [2.75, 3.05) is 0 Å². The Morgan fingerprint density at radius 3 is 2.04 bits per heavy atom. The summed E-state index contributed by atoms with van der Waals surface area (Å²) in [5.41, 5.74) is 6.88. The fourth-order valence-electron chi connectivity index (χ4n) is 3.01. The molecule has 1 aromatic heterocycles. The van der Waals surface area contributed by atoms with E-state index in [0.717, 1.165) is 16.8 Å². The van der Waals surface area contributed by atoms with Crippen molar-refractivity contribution in [2.45, 2.75) is 0 Å². The van der Waals surface area contributed by atoms with Crippen LogP contribution in [0.5, 0.6) is 0 Å². The van der Waals surface area contributed by atoms with E-state index in [4.69, 9.17) is 0 Å². The molecule has 1 heterocycles. The van der Waals surface area contributed by atoms with Crippen molar-refractivity contribution in [3.63, 3.8) is 0 Å². The predicted octanol–water partition coefficient (Wildman–Crippen LogP) is 6.59. The summed E-state index contributed by atoms with van der Waals surface area (Å²) in [6, 6.07) is 33.4. The Bertz CT molecular complexity index is 1000. The van der Waals surface area contributed by atoms with Gasteiger partial charge in [-0.15, -0.1) is 0 Å². The minimum atomic E-state index is 0.984. The number of pyridine rings is 1. The summed E-state index contributed by atoms with van der Waals surface area (Å²) in [6.45, 7) is 0. The average molecular weight is 333 g/mol. The summed E-state index contributed by atoms with van der Waals surface area (Å²) in [7, 11) is 0. The van der Waals surface area contributed by atoms with Gasteiger partial charge in [0.05, 0.1) is 5.69 Å². The number of rotatable bonds is 4. The largest absolute Gasteiger partial charge is 0.256 e. The molecule has 0 N–H and O–H groups in total. The first-order chi connectivity index (χ1) is 12.9. The number of hydrogen-bond donors (Lipinski definition) is 0. The lowest BCUT2D eigenvalue weighted by molar-refractivity contribution is 1.32. The van der Waals surface area contributed by atoms with Crippen molar-refractivity contribution in [2.24, 2.45) is 0 Å². The summed E-state index contributed by atoms with van der Waals surface area (Å²) in [4.78, 5) is 4.57. The lowest BCUT2D eigenvalue weighted by atomic mass is 9.96. The van der Waals surface area contributed by atoms with Crippen LogP contribution in [0.4, 0.5) is 0 Å². The first-order valence-corrected chi connectivity index (χ1v) is 8.74. The van der Waals surface area contributed by atoms with Gasteiger partial charge in [0.15, 0.2) is 0 Å². The van der Waals surface area contributed by atoms with Gasteiger partial charge in [-0.3, -0.25) is 4.98 Å². The topological polar surface area (TPSA) is 12.9 Å². The molecule has 0 amide bonds. The van der Waals surface area contributed by atoms with Crippen molar-refractivity contribution in [3.05, 3.63) is 114 Å². The minimum absolute atomic E-state index is 0.984. The molecule has 0 saturated carbocycles. The first kappa shape index (κ1) is 16.0. The zero-order valence-corrected chi connectivity index (χ0v) is 14.4. The summed E-state index contributed by atoms with van der Waals surface area (Å²) in [6.07, 6.45) is 6.15. The molecule has 0 saturated heterocycles. The van der Waals surface area contributed by atoms with Gasteiger partial charge in [0.1, 0.15) is 0 Å². The van der Waals surface area contributed by atoms with Gasteiger partial charge in [-0.2, -0.15) is 0 Å². The molecule has 0 atom stereocenters. The van der Waals surface area contributed by atoms with E-state index in [1.165, 1.54) is 16.7 Å². The van der Waals surface area contributed by atoms with E-state index in [0.29, 0.717) is 0 Å². The fourth-order valence-corrected chi connectivity index (χ4v) is 3.01. The van der Waals surface area contributed by atoms with Crippen molar-refractivity contribution in [1.29, 1.82) is 0 Å². The Morgan fingerprint density at radius 1 is 0.577 bits per heavy atom. The summed E-state index contributed by atoms with van der Waals surface area (Å²) < 4.78 is 0. The second kappa shape index (κ2) is 7.62. The molecule has 0 spiro atoms. The second-order valence-electron chi connectivity index (χ2n) is 6.13. The molecule has 0 unspecified atom stereocenters. The van der Waals surface area contributed by atoms with E-state index in [-0.39, 0.29) is 0 Å². The maximum absolute atomic E-state index is 4.57. The van der Waals surface area contributed by atoms with E-state index in [1.807, 2.05) is 30.5 Å². The number of hydrogen-bond acceptors (Lipinski definition) is 1. The van der Waals surface area contributed by atoms with Gasteiger partial charge >= 0.3 is 0 Å². The normalized spacial score (nSPS) is 10.9. The number of nitrogens with zero attached hydrogens (tertiary/aromatic N) is 1. The minimum Gasteiger partial charge on any atom is -0.256 e. The summed E-state index contributed by atoms with van der Waals surface area (Å²) >= 11 is 0. The standard InChI is InChI=1S/C25H19N/c1-3-9-20(10-4-1)14-15-22-16-17-23(21-11-5-2-6-12-21)19-24(22)25-13-7-8-18-26-25/h1-19H/b15-14+. The van der Waals surface area contributed by atoms with Crippen LogP contribution in [0, 0.1) is 0 Å². The van der Waals surface area contributed by atoms with Gasteiger partial charge in [0.25, 0.3) is 0 Å². The van der Waals surface area contributed by atoms with Crippen LogP contribution in [0.15, 0.2) is 103 Å². The van der Waals surface area contributed by atoms with Gasteiger partial charge in [-0.25, -0.2) is 0 Å². The van der Waals surface area contributed by atoms with Crippen LogP contribution in [0.3, 0.4) is 0 Å². The Labute approximate surface area is 154 Å².